The highest BCUT2D eigenvalue weighted by atomic mass is 16.3. The molecule has 1 nitrogen and oxygen atoms in total. The zero-order valence-electron chi connectivity index (χ0n) is 23.6. The van der Waals surface area contributed by atoms with E-state index in [1.807, 2.05) is 0 Å². The molecule has 0 aliphatic heterocycles. The first-order valence-electron chi connectivity index (χ1n) is 14.7. The predicted molar refractivity (Wildman–Crippen MR) is 177 cm³/mol. The Kier molecular flexibility index (Phi) is 4.73. The van der Waals surface area contributed by atoms with Gasteiger partial charge in [-0.3, -0.25) is 0 Å². The van der Waals surface area contributed by atoms with Crippen LogP contribution in [0.1, 0.15) is 25.0 Å². The summed E-state index contributed by atoms with van der Waals surface area (Å²) in [7, 11) is 0. The molecule has 0 spiro atoms. The van der Waals surface area contributed by atoms with E-state index >= 15 is 0 Å². The van der Waals surface area contributed by atoms with Crippen LogP contribution in [0.15, 0.2) is 138 Å². The van der Waals surface area contributed by atoms with Crippen molar-refractivity contribution in [2.75, 3.05) is 0 Å². The van der Waals surface area contributed by atoms with E-state index in [4.69, 9.17) is 4.42 Å². The molecule has 9 rings (SSSR count). The normalized spacial score (nSPS) is 13.7. The van der Waals surface area contributed by atoms with Gasteiger partial charge in [0.25, 0.3) is 0 Å². The first-order chi connectivity index (χ1) is 20.6. The molecule has 0 bridgehead atoms. The largest absolute Gasteiger partial charge is 0.455 e. The number of hydrogen-bond donors (Lipinski definition) is 0. The number of fused-ring (bicyclic) bond motifs is 8. The quantitative estimate of drug-likeness (QED) is 0.214. The third-order valence-electron chi connectivity index (χ3n) is 9.45. The van der Waals surface area contributed by atoms with Gasteiger partial charge in [0.1, 0.15) is 11.2 Å². The molecule has 0 atom stereocenters. The van der Waals surface area contributed by atoms with E-state index in [1.54, 1.807) is 0 Å². The van der Waals surface area contributed by atoms with Crippen LogP contribution in [0.2, 0.25) is 0 Å². The van der Waals surface area contributed by atoms with Gasteiger partial charge in [0.2, 0.25) is 0 Å². The van der Waals surface area contributed by atoms with E-state index in [-0.39, 0.29) is 5.41 Å². The Balaban J connectivity index is 1.42. The molecule has 8 aromatic rings. The predicted octanol–water partition coefficient (Wildman–Crippen LogP) is 11.5. The van der Waals surface area contributed by atoms with Crippen LogP contribution >= 0.6 is 0 Å². The second-order valence-corrected chi connectivity index (χ2v) is 12.1. The number of hydrogen-bond acceptors (Lipinski definition) is 1. The molecule has 0 saturated carbocycles. The molecule has 0 N–H and O–H groups in total. The fraction of sp³-hybridized carbons (Fsp3) is 0.0732. The summed E-state index contributed by atoms with van der Waals surface area (Å²) in [6, 6.07) is 48.6. The molecule has 1 heteroatoms. The molecule has 198 valence electrons. The van der Waals surface area contributed by atoms with Gasteiger partial charge in [-0.05, 0) is 73.1 Å². The molecule has 0 fully saturated rings. The van der Waals surface area contributed by atoms with E-state index in [2.05, 4.69) is 147 Å². The van der Waals surface area contributed by atoms with Crippen LogP contribution in [-0.2, 0) is 5.41 Å². The van der Waals surface area contributed by atoms with Crippen molar-refractivity contribution in [3.63, 3.8) is 0 Å². The Bertz CT molecular complexity index is 2380. The molecular formula is C41H28O. The lowest BCUT2D eigenvalue weighted by Gasteiger charge is -2.21. The van der Waals surface area contributed by atoms with Crippen LogP contribution in [0.5, 0.6) is 0 Å². The zero-order chi connectivity index (χ0) is 28.0. The van der Waals surface area contributed by atoms with Gasteiger partial charge in [0.15, 0.2) is 0 Å². The van der Waals surface area contributed by atoms with E-state index in [1.165, 1.54) is 65.9 Å². The van der Waals surface area contributed by atoms with E-state index < -0.39 is 0 Å². The topological polar surface area (TPSA) is 13.1 Å². The second kappa shape index (κ2) is 8.44. The molecule has 42 heavy (non-hydrogen) atoms. The Morgan fingerprint density at radius 1 is 0.476 bits per heavy atom. The fourth-order valence-corrected chi connectivity index (χ4v) is 7.45. The third-order valence-corrected chi connectivity index (χ3v) is 9.45. The highest BCUT2D eigenvalue weighted by Gasteiger charge is 2.35. The molecule has 1 aliphatic carbocycles. The summed E-state index contributed by atoms with van der Waals surface area (Å²) in [5.41, 5.74) is 12.1. The fourth-order valence-electron chi connectivity index (χ4n) is 7.45. The summed E-state index contributed by atoms with van der Waals surface area (Å²) in [6.07, 6.45) is 0. The Hall–Kier alpha value is -5.14. The number of benzene rings is 7. The Labute approximate surface area is 244 Å². The molecule has 7 aromatic carbocycles. The van der Waals surface area contributed by atoms with Crippen molar-refractivity contribution in [2.24, 2.45) is 0 Å². The molecular weight excluding hydrogens is 508 g/mol. The van der Waals surface area contributed by atoms with Crippen molar-refractivity contribution in [1.82, 2.24) is 0 Å². The maximum absolute atomic E-state index is 6.80. The smallest absolute Gasteiger partial charge is 0.144 e. The lowest BCUT2D eigenvalue weighted by atomic mass is 9.81. The summed E-state index contributed by atoms with van der Waals surface area (Å²) in [6.45, 7) is 4.68. The Morgan fingerprint density at radius 2 is 1.10 bits per heavy atom. The van der Waals surface area contributed by atoms with Crippen molar-refractivity contribution in [3.05, 3.63) is 145 Å². The molecule has 0 amide bonds. The summed E-state index contributed by atoms with van der Waals surface area (Å²) in [5, 5.41) is 7.24. The van der Waals surface area contributed by atoms with Crippen LogP contribution in [-0.4, -0.2) is 0 Å². The summed E-state index contributed by atoms with van der Waals surface area (Å²) >= 11 is 0. The monoisotopic (exact) mass is 536 g/mol. The van der Waals surface area contributed by atoms with Crippen LogP contribution in [0.25, 0.3) is 76.9 Å². The average Bonchev–Trinajstić information content (AvgIpc) is 3.52. The average molecular weight is 537 g/mol. The van der Waals surface area contributed by atoms with Crippen LogP contribution in [0, 0.1) is 0 Å². The maximum Gasteiger partial charge on any atom is 0.144 e. The summed E-state index contributed by atoms with van der Waals surface area (Å²) < 4.78 is 6.80. The minimum Gasteiger partial charge on any atom is -0.455 e. The van der Waals surface area contributed by atoms with Gasteiger partial charge in [0.05, 0.1) is 0 Å². The first kappa shape index (κ1) is 23.6. The number of para-hydroxylation sites is 1. The summed E-state index contributed by atoms with van der Waals surface area (Å²) in [4.78, 5) is 0. The van der Waals surface area contributed by atoms with Crippen molar-refractivity contribution in [2.45, 2.75) is 19.3 Å². The van der Waals surface area contributed by atoms with Crippen molar-refractivity contribution in [3.8, 4) is 33.4 Å². The van der Waals surface area contributed by atoms with Gasteiger partial charge >= 0.3 is 0 Å². The van der Waals surface area contributed by atoms with Gasteiger partial charge in [-0.25, -0.2) is 0 Å². The molecule has 0 radical (unpaired) electrons. The van der Waals surface area contributed by atoms with Crippen molar-refractivity contribution >= 4 is 43.5 Å². The van der Waals surface area contributed by atoms with Gasteiger partial charge in [-0.2, -0.15) is 0 Å². The van der Waals surface area contributed by atoms with Gasteiger partial charge in [-0.1, -0.05) is 129 Å². The lowest BCUT2D eigenvalue weighted by molar-refractivity contribution is 0.660. The highest BCUT2D eigenvalue weighted by Crippen LogP contribution is 2.52. The van der Waals surface area contributed by atoms with Gasteiger partial charge in [-0.15, -0.1) is 0 Å². The highest BCUT2D eigenvalue weighted by molar-refractivity contribution is 6.27. The maximum atomic E-state index is 6.80. The van der Waals surface area contributed by atoms with Crippen molar-refractivity contribution < 1.29 is 4.42 Å². The van der Waals surface area contributed by atoms with E-state index in [0.717, 1.165) is 22.1 Å². The van der Waals surface area contributed by atoms with Crippen molar-refractivity contribution in [1.29, 1.82) is 0 Å². The lowest BCUT2D eigenvalue weighted by Crippen LogP contribution is -2.14. The second-order valence-electron chi connectivity index (χ2n) is 12.1. The molecule has 1 aliphatic rings. The summed E-state index contributed by atoms with van der Waals surface area (Å²) in [5.74, 6) is 0. The zero-order valence-corrected chi connectivity index (χ0v) is 23.6. The molecule has 1 aromatic heterocycles. The van der Waals surface area contributed by atoms with Crippen LogP contribution < -0.4 is 0 Å². The standard InChI is InChI=1S/C41H28O/c1-41(2)34-17-9-7-13-29(34)33-24-28(21-22-35(33)41)37-30-14-5-6-15-31(30)38(27-20-19-25-11-3-4-12-26(25)23-27)40-39(37)32-16-8-10-18-36(32)42-40/h3-24H,1-2H3. The van der Waals surface area contributed by atoms with Gasteiger partial charge in [0, 0.05) is 27.3 Å². The Morgan fingerprint density at radius 3 is 1.95 bits per heavy atom. The minimum absolute atomic E-state index is 0.0237. The van der Waals surface area contributed by atoms with Gasteiger partial charge < -0.3 is 4.42 Å². The number of rotatable bonds is 2. The van der Waals surface area contributed by atoms with E-state index in [9.17, 15) is 0 Å². The number of furan rings is 1. The molecule has 1 heterocycles. The molecule has 0 saturated heterocycles. The van der Waals surface area contributed by atoms with Crippen LogP contribution in [0.3, 0.4) is 0 Å². The first-order valence-corrected chi connectivity index (χ1v) is 14.7. The van der Waals surface area contributed by atoms with Crippen LogP contribution in [0.4, 0.5) is 0 Å². The van der Waals surface area contributed by atoms with E-state index in [0.29, 0.717) is 0 Å². The molecule has 0 unspecified atom stereocenters. The SMILES string of the molecule is CC1(C)c2ccccc2-c2cc(-c3c4ccccc4c(-c4ccc5ccccc5c4)c4oc5ccccc5c34)ccc21. The third kappa shape index (κ3) is 3.14. The minimum atomic E-state index is -0.0237.